The van der Waals surface area contributed by atoms with Gasteiger partial charge in [0.1, 0.15) is 0 Å². The van der Waals surface area contributed by atoms with Gasteiger partial charge in [0, 0.05) is 0 Å². The van der Waals surface area contributed by atoms with Gasteiger partial charge in [0.05, 0.1) is 48.4 Å². The Morgan fingerprint density at radius 3 is 2.55 bits per heavy atom. The lowest BCUT2D eigenvalue weighted by molar-refractivity contribution is -0.114. The van der Waals surface area contributed by atoms with Gasteiger partial charge in [-0.1, -0.05) is 12.1 Å². The van der Waals surface area contributed by atoms with Crippen LogP contribution in [0.1, 0.15) is 46.2 Å². The van der Waals surface area contributed by atoms with Gasteiger partial charge >= 0.3 is 0 Å². The fraction of sp³-hybridized carbons (Fsp3) is 0.318. The molecule has 0 saturated heterocycles. The molecule has 4 N–H and O–H groups in total. The van der Waals surface area contributed by atoms with Gasteiger partial charge < -0.3 is 25.1 Å². The zero-order valence-electron chi connectivity index (χ0n) is 18.4. The maximum Gasteiger partial charge on any atom is 0.264 e. The number of benzene rings is 2. The normalized spacial score (nSPS) is 15.6. The third-order valence-electron chi connectivity index (χ3n) is 5.28. The molecule has 1 heterocycles. The predicted octanol–water partition coefficient (Wildman–Crippen LogP) is 1.94. The molecule has 2 aromatic carbocycles. The molecule has 0 aliphatic carbocycles. The Kier molecular flexibility index (Phi) is 7.46. The zero-order valence-corrected chi connectivity index (χ0v) is 19.2. The van der Waals surface area contributed by atoms with Crippen molar-refractivity contribution in [2.45, 2.75) is 25.1 Å². The number of nitrogens with one attached hydrogen (secondary N) is 1. The molecule has 176 valence electrons. The summed E-state index contributed by atoms with van der Waals surface area (Å²) < 4.78 is 32.8. The van der Waals surface area contributed by atoms with Gasteiger partial charge in [0.25, 0.3) is 11.8 Å². The van der Waals surface area contributed by atoms with Crippen LogP contribution in [-0.4, -0.2) is 56.9 Å². The molecule has 0 radical (unpaired) electrons. The number of ether oxygens (including phenoxy) is 2. The van der Waals surface area contributed by atoms with E-state index in [2.05, 4.69) is 5.32 Å². The lowest BCUT2D eigenvalue weighted by Gasteiger charge is -2.30. The summed E-state index contributed by atoms with van der Waals surface area (Å²) in [5.41, 5.74) is 5.99. The molecular formula is C22H25N3O7S. The first-order chi connectivity index (χ1) is 15.7. The Labute approximate surface area is 193 Å². The van der Waals surface area contributed by atoms with Gasteiger partial charge in [-0.25, -0.2) is 4.21 Å². The molecule has 0 fully saturated rings. The molecule has 3 amide bonds. The van der Waals surface area contributed by atoms with Crippen LogP contribution >= 0.6 is 0 Å². The van der Waals surface area contributed by atoms with Crippen LogP contribution in [0.4, 0.5) is 5.69 Å². The van der Waals surface area contributed by atoms with Crippen molar-refractivity contribution in [1.29, 1.82) is 0 Å². The largest absolute Gasteiger partial charge is 0.493 e. The van der Waals surface area contributed by atoms with Gasteiger partial charge in [-0.05, 0) is 43.7 Å². The molecule has 2 aromatic rings. The van der Waals surface area contributed by atoms with Crippen molar-refractivity contribution in [3.63, 3.8) is 0 Å². The Morgan fingerprint density at radius 2 is 1.94 bits per heavy atom. The number of methoxy groups -OCH3 is 1. The highest BCUT2D eigenvalue weighted by Crippen LogP contribution is 2.40. The maximum absolute atomic E-state index is 13.5. The van der Waals surface area contributed by atoms with Crippen LogP contribution < -0.4 is 20.5 Å². The molecule has 3 rings (SSSR count). The lowest BCUT2D eigenvalue weighted by atomic mass is 10.0. The highest BCUT2D eigenvalue weighted by Gasteiger charge is 2.45. The molecule has 3 unspecified atom stereocenters. The van der Waals surface area contributed by atoms with Gasteiger partial charge in [-0.3, -0.25) is 19.3 Å². The summed E-state index contributed by atoms with van der Waals surface area (Å²) in [6.45, 7) is 3.29. The standard InChI is InChI=1S/C22H25N3O7S/c1-4-32-17-10-13(8-9-16(17)31-3)20(12(2)33(29)30)25-21(27)14-6-5-7-15(19(14)22(25)28)24-18(26)11-23/h5-10,12,20H,4,11,23H2,1-3H3,(H,24,26)(H,29,30). The number of hydrogen-bond donors (Lipinski definition) is 3. The van der Waals surface area contributed by atoms with E-state index >= 15 is 0 Å². The van der Waals surface area contributed by atoms with Gasteiger partial charge in [0.2, 0.25) is 5.91 Å². The molecule has 10 nitrogen and oxygen atoms in total. The summed E-state index contributed by atoms with van der Waals surface area (Å²) in [4.78, 5) is 39.5. The number of anilines is 1. The van der Waals surface area contributed by atoms with E-state index in [4.69, 9.17) is 15.2 Å². The van der Waals surface area contributed by atoms with E-state index in [9.17, 15) is 23.1 Å². The van der Waals surface area contributed by atoms with Crippen LogP contribution in [-0.2, 0) is 15.9 Å². The molecule has 0 saturated carbocycles. The Hall–Kier alpha value is -3.28. The van der Waals surface area contributed by atoms with Crippen LogP contribution in [0.3, 0.4) is 0 Å². The number of carbonyl (C=O) groups excluding carboxylic acids is 3. The van der Waals surface area contributed by atoms with E-state index in [0.717, 1.165) is 4.90 Å². The number of imide groups is 1. The fourth-order valence-corrected chi connectivity index (χ4v) is 4.25. The summed E-state index contributed by atoms with van der Waals surface area (Å²) in [6, 6.07) is 8.18. The van der Waals surface area contributed by atoms with Crippen molar-refractivity contribution in [3.8, 4) is 11.5 Å². The number of nitrogens with zero attached hydrogens (tertiary/aromatic N) is 1. The molecule has 1 aliphatic heterocycles. The summed E-state index contributed by atoms with van der Waals surface area (Å²) in [6.07, 6.45) is 0. The number of rotatable bonds is 9. The van der Waals surface area contributed by atoms with Crippen molar-refractivity contribution in [2.24, 2.45) is 5.73 Å². The second-order valence-electron chi connectivity index (χ2n) is 7.23. The van der Waals surface area contributed by atoms with Crippen LogP contribution in [0.2, 0.25) is 0 Å². The van der Waals surface area contributed by atoms with Gasteiger partial charge in [-0.15, -0.1) is 0 Å². The Bertz CT molecular complexity index is 1120. The topological polar surface area (TPSA) is 148 Å². The van der Waals surface area contributed by atoms with Crippen LogP contribution in [0.15, 0.2) is 36.4 Å². The highest BCUT2D eigenvalue weighted by atomic mass is 32.2. The zero-order chi connectivity index (χ0) is 24.3. The first-order valence-electron chi connectivity index (χ1n) is 10.2. The van der Waals surface area contributed by atoms with E-state index < -0.39 is 40.1 Å². The highest BCUT2D eigenvalue weighted by molar-refractivity contribution is 7.79. The average Bonchev–Trinajstić information content (AvgIpc) is 3.05. The molecule has 0 aromatic heterocycles. The number of carbonyl (C=O) groups is 3. The van der Waals surface area contributed by atoms with Crippen molar-refractivity contribution in [2.75, 3.05) is 25.6 Å². The third kappa shape index (κ3) is 4.61. The molecular weight excluding hydrogens is 450 g/mol. The number of hydrogen-bond acceptors (Lipinski definition) is 7. The van der Waals surface area contributed by atoms with Crippen LogP contribution in [0, 0.1) is 0 Å². The minimum atomic E-state index is -2.37. The van der Waals surface area contributed by atoms with Crippen molar-refractivity contribution >= 4 is 34.5 Å². The number of nitrogens with two attached hydrogens (primary N) is 1. The van der Waals surface area contributed by atoms with E-state index in [0.29, 0.717) is 23.7 Å². The van der Waals surface area contributed by atoms with E-state index in [1.54, 1.807) is 25.1 Å². The summed E-state index contributed by atoms with van der Waals surface area (Å²) >= 11 is -2.37. The van der Waals surface area contributed by atoms with Crippen molar-refractivity contribution < 1.29 is 32.6 Å². The van der Waals surface area contributed by atoms with E-state index in [-0.39, 0.29) is 23.4 Å². The van der Waals surface area contributed by atoms with E-state index in [1.165, 1.54) is 32.2 Å². The fourth-order valence-electron chi connectivity index (χ4n) is 3.75. The Balaban J connectivity index is 2.13. The number of amides is 3. The summed E-state index contributed by atoms with van der Waals surface area (Å²) in [5, 5.41) is 1.50. The number of fused-ring (bicyclic) bond motifs is 1. The van der Waals surface area contributed by atoms with Gasteiger partial charge in [-0.2, -0.15) is 0 Å². The van der Waals surface area contributed by atoms with Crippen molar-refractivity contribution in [1.82, 2.24) is 4.90 Å². The first kappa shape index (κ1) is 24.4. The average molecular weight is 476 g/mol. The molecule has 0 spiro atoms. The molecule has 11 heteroatoms. The van der Waals surface area contributed by atoms with Crippen LogP contribution in [0.5, 0.6) is 11.5 Å². The lowest BCUT2D eigenvalue weighted by Crippen LogP contribution is -2.41. The SMILES string of the molecule is CCOc1cc(C(C(C)S(=O)O)N2C(=O)c3cccc(NC(=O)CN)c3C2=O)ccc1OC. The second kappa shape index (κ2) is 10.1. The predicted molar refractivity (Wildman–Crippen MR) is 122 cm³/mol. The minimum Gasteiger partial charge on any atom is -0.493 e. The monoisotopic (exact) mass is 475 g/mol. The second-order valence-corrected chi connectivity index (χ2v) is 8.53. The molecule has 1 aliphatic rings. The van der Waals surface area contributed by atoms with Crippen molar-refractivity contribution in [3.05, 3.63) is 53.1 Å². The molecule has 0 bridgehead atoms. The minimum absolute atomic E-state index is 0.00349. The molecule has 3 atom stereocenters. The Morgan fingerprint density at radius 1 is 1.21 bits per heavy atom. The smallest absolute Gasteiger partial charge is 0.264 e. The molecule has 33 heavy (non-hydrogen) atoms. The summed E-state index contributed by atoms with van der Waals surface area (Å²) in [5.74, 6) is -1.06. The van der Waals surface area contributed by atoms with Gasteiger partial charge in [0.15, 0.2) is 22.6 Å². The van der Waals surface area contributed by atoms with Crippen LogP contribution in [0.25, 0.3) is 0 Å². The maximum atomic E-state index is 13.5. The van der Waals surface area contributed by atoms with E-state index in [1.807, 2.05) is 0 Å². The summed E-state index contributed by atoms with van der Waals surface area (Å²) in [7, 11) is 1.47. The first-order valence-corrected chi connectivity index (χ1v) is 11.3. The third-order valence-corrected chi connectivity index (χ3v) is 6.17. The quantitative estimate of drug-likeness (QED) is 0.368.